The standard InChI is InChI=1S/C9H12F3N3O2/c10-9(11,12)5-16-4-1-6-14-7(17-15-6)8(13)2-3-8/h1-5,13H2. The van der Waals surface area contributed by atoms with E-state index in [0.29, 0.717) is 11.7 Å². The van der Waals surface area contributed by atoms with Gasteiger partial charge in [-0.2, -0.15) is 18.2 Å². The van der Waals surface area contributed by atoms with Crippen LogP contribution in [-0.2, 0) is 16.7 Å². The van der Waals surface area contributed by atoms with E-state index in [4.69, 9.17) is 10.3 Å². The third-order valence-corrected chi connectivity index (χ3v) is 2.42. The molecule has 0 unspecified atom stereocenters. The van der Waals surface area contributed by atoms with Crippen LogP contribution in [0.25, 0.3) is 0 Å². The van der Waals surface area contributed by atoms with E-state index in [9.17, 15) is 13.2 Å². The zero-order chi connectivity index (χ0) is 12.5. The van der Waals surface area contributed by atoms with Crippen LogP contribution in [-0.4, -0.2) is 29.5 Å². The highest BCUT2D eigenvalue weighted by Gasteiger charge is 2.45. The summed E-state index contributed by atoms with van der Waals surface area (Å²) in [6, 6.07) is 0. The highest BCUT2D eigenvalue weighted by molar-refractivity contribution is 5.11. The van der Waals surface area contributed by atoms with E-state index in [1.807, 2.05) is 0 Å². The Balaban J connectivity index is 1.74. The molecule has 1 aromatic rings. The fourth-order valence-corrected chi connectivity index (χ4v) is 1.26. The number of nitrogens with two attached hydrogens (primary N) is 1. The summed E-state index contributed by atoms with van der Waals surface area (Å²) in [5.74, 6) is 0.669. The van der Waals surface area contributed by atoms with E-state index in [1.165, 1.54) is 0 Å². The second-order valence-corrected chi connectivity index (χ2v) is 4.09. The zero-order valence-corrected chi connectivity index (χ0v) is 8.96. The minimum atomic E-state index is -4.31. The van der Waals surface area contributed by atoms with Crippen molar-refractivity contribution >= 4 is 0 Å². The summed E-state index contributed by atoms with van der Waals surface area (Å²) in [5, 5.41) is 3.63. The van der Waals surface area contributed by atoms with Crippen LogP contribution in [0.5, 0.6) is 0 Å². The van der Waals surface area contributed by atoms with Crippen LogP contribution >= 0.6 is 0 Å². The molecule has 8 heteroatoms. The monoisotopic (exact) mass is 251 g/mol. The van der Waals surface area contributed by atoms with Gasteiger partial charge in [0.05, 0.1) is 12.1 Å². The minimum absolute atomic E-state index is 0.101. The Morgan fingerprint density at radius 3 is 2.71 bits per heavy atom. The molecule has 96 valence electrons. The van der Waals surface area contributed by atoms with Crippen molar-refractivity contribution in [1.82, 2.24) is 10.1 Å². The first kappa shape index (κ1) is 12.3. The van der Waals surface area contributed by atoms with Crippen molar-refractivity contribution in [3.05, 3.63) is 11.7 Å². The third-order valence-electron chi connectivity index (χ3n) is 2.42. The first-order valence-corrected chi connectivity index (χ1v) is 5.15. The molecule has 1 fully saturated rings. The molecule has 2 N–H and O–H groups in total. The number of nitrogens with zero attached hydrogens (tertiary/aromatic N) is 2. The summed E-state index contributed by atoms with van der Waals surface area (Å²) >= 11 is 0. The van der Waals surface area contributed by atoms with Crippen molar-refractivity contribution < 1.29 is 22.4 Å². The van der Waals surface area contributed by atoms with Gasteiger partial charge in [0.15, 0.2) is 5.82 Å². The van der Waals surface area contributed by atoms with Crippen LogP contribution in [0.1, 0.15) is 24.6 Å². The Kier molecular flexibility index (Phi) is 3.09. The summed E-state index contributed by atoms with van der Waals surface area (Å²) in [6.45, 7) is -1.37. The van der Waals surface area contributed by atoms with Gasteiger partial charge in [-0.05, 0) is 12.8 Å². The van der Waals surface area contributed by atoms with E-state index in [0.717, 1.165) is 12.8 Å². The number of rotatable bonds is 5. The SMILES string of the molecule is NC1(c2nc(CCOCC(F)(F)F)no2)CC1. The molecule has 5 nitrogen and oxygen atoms in total. The third kappa shape index (κ3) is 3.40. The van der Waals surface area contributed by atoms with E-state index < -0.39 is 18.3 Å². The van der Waals surface area contributed by atoms with Gasteiger partial charge in [-0.1, -0.05) is 5.16 Å². The normalized spacial score (nSPS) is 18.4. The van der Waals surface area contributed by atoms with E-state index >= 15 is 0 Å². The molecule has 0 spiro atoms. The van der Waals surface area contributed by atoms with Gasteiger partial charge in [0.25, 0.3) is 0 Å². The molecule has 0 atom stereocenters. The molecule has 0 amide bonds. The summed E-state index contributed by atoms with van der Waals surface area (Å²) in [5.41, 5.74) is 5.30. The van der Waals surface area contributed by atoms with Gasteiger partial charge in [-0.25, -0.2) is 0 Å². The van der Waals surface area contributed by atoms with Gasteiger partial charge in [-0.15, -0.1) is 0 Å². The van der Waals surface area contributed by atoms with Gasteiger partial charge in [0.2, 0.25) is 5.89 Å². The largest absolute Gasteiger partial charge is 0.411 e. The van der Waals surface area contributed by atoms with Gasteiger partial charge < -0.3 is 15.0 Å². The van der Waals surface area contributed by atoms with Crippen LogP contribution in [0.3, 0.4) is 0 Å². The predicted octanol–water partition coefficient (Wildman–Crippen LogP) is 1.14. The summed E-state index contributed by atoms with van der Waals surface area (Å²) in [6.07, 6.45) is -2.55. The number of aromatic nitrogens is 2. The van der Waals surface area contributed by atoms with Crippen molar-refractivity contribution in [1.29, 1.82) is 0 Å². The lowest BCUT2D eigenvalue weighted by atomic mass is 10.3. The zero-order valence-electron chi connectivity index (χ0n) is 8.96. The number of hydrogen-bond donors (Lipinski definition) is 1. The van der Waals surface area contributed by atoms with E-state index in [-0.39, 0.29) is 13.0 Å². The Morgan fingerprint density at radius 1 is 1.41 bits per heavy atom. The second kappa shape index (κ2) is 4.26. The average Bonchev–Trinajstić information content (AvgIpc) is 2.80. The van der Waals surface area contributed by atoms with Crippen molar-refractivity contribution in [2.75, 3.05) is 13.2 Å². The Morgan fingerprint density at radius 2 is 2.12 bits per heavy atom. The first-order chi connectivity index (χ1) is 7.89. The molecule has 1 aromatic heterocycles. The lowest BCUT2D eigenvalue weighted by molar-refractivity contribution is -0.173. The molecule has 0 saturated heterocycles. The second-order valence-electron chi connectivity index (χ2n) is 4.09. The summed E-state index contributed by atoms with van der Waals surface area (Å²) < 4.78 is 44.6. The van der Waals surface area contributed by atoms with Gasteiger partial charge in [-0.3, -0.25) is 0 Å². The van der Waals surface area contributed by atoms with Crippen molar-refractivity contribution in [2.45, 2.75) is 31.0 Å². The van der Waals surface area contributed by atoms with Crippen LogP contribution in [0.15, 0.2) is 4.52 Å². The highest BCUT2D eigenvalue weighted by Crippen LogP contribution is 2.41. The molecule has 0 radical (unpaired) electrons. The summed E-state index contributed by atoms with van der Waals surface area (Å²) in [7, 11) is 0. The molecule has 0 aromatic carbocycles. The van der Waals surface area contributed by atoms with Crippen molar-refractivity contribution in [2.24, 2.45) is 5.73 Å². The average molecular weight is 251 g/mol. The van der Waals surface area contributed by atoms with Crippen LogP contribution in [0.2, 0.25) is 0 Å². The predicted molar refractivity (Wildman–Crippen MR) is 50.0 cm³/mol. The van der Waals surface area contributed by atoms with Gasteiger partial charge in [0.1, 0.15) is 6.61 Å². The smallest absolute Gasteiger partial charge is 0.372 e. The topological polar surface area (TPSA) is 74.2 Å². The summed E-state index contributed by atoms with van der Waals surface area (Å²) in [4.78, 5) is 4.01. The van der Waals surface area contributed by atoms with Crippen LogP contribution in [0, 0.1) is 0 Å². The maximum Gasteiger partial charge on any atom is 0.411 e. The maximum atomic E-state index is 11.8. The molecule has 17 heavy (non-hydrogen) atoms. The molecular formula is C9H12F3N3O2. The van der Waals surface area contributed by atoms with Crippen molar-refractivity contribution in [3.63, 3.8) is 0 Å². The molecule has 0 aliphatic heterocycles. The van der Waals surface area contributed by atoms with Gasteiger partial charge in [0, 0.05) is 6.42 Å². The minimum Gasteiger partial charge on any atom is -0.372 e. The Hall–Kier alpha value is -1.15. The first-order valence-electron chi connectivity index (χ1n) is 5.15. The maximum absolute atomic E-state index is 11.8. The number of hydrogen-bond acceptors (Lipinski definition) is 5. The molecule has 1 heterocycles. The number of alkyl halides is 3. The van der Waals surface area contributed by atoms with E-state index in [1.54, 1.807) is 0 Å². The Labute approximate surface area is 95.1 Å². The van der Waals surface area contributed by atoms with E-state index in [2.05, 4.69) is 14.9 Å². The molecule has 1 saturated carbocycles. The molecule has 1 aliphatic rings. The van der Waals surface area contributed by atoms with Crippen LogP contribution in [0.4, 0.5) is 13.2 Å². The quantitative estimate of drug-likeness (QED) is 0.794. The molecule has 0 bridgehead atoms. The molecular weight excluding hydrogens is 239 g/mol. The lowest BCUT2D eigenvalue weighted by Gasteiger charge is -2.05. The highest BCUT2D eigenvalue weighted by atomic mass is 19.4. The van der Waals surface area contributed by atoms with Gasteiger partial charge >= 0.3 is 6.18 Å². The number of ether oxygens (including phenoxy) is 1. The van der Waals surface area contributed by atoms with Crippen molar-refractivity contribution in [3.8, 4) is 0 Å². The fraction of sp³-hybridized carbons (Fsp3) is 0.778. The number of halogens is 3. The Bertz CT molecular complexity index is 387. The lowest BCUT2D eigenvalue weighted by Crippen LogP contribution is -2.19. The molecule has 1 aliphatic carbocycles. The molecule has 2 rings (SSSR count). The van der Waals surface area contributed by atoms with Crippen LogP contribution < -0.4 is 5.73 Å². The fourth-order valence-electron chi connectivity index (χ4n) is 1.26.